The van der Waals surface area contributed by atoms with Crippen molar-refractivity contribution in [3.05, 3.63) is 0 Å². The van der Waals surface area contributed by atoms with Crippen molar-refractivity contribution in [1.82, 2.24) is 4.90 Å². The van der Waals surface area contributed by atoms with Gasteiger partial charge in [0.05, 0.1) is 12.6 Å². The molecule has 1 fully saturated rings. The first-order chi connectivity index (χ1) is 6.16. The first-order valence-corrected chi connectivity index (χ1v) is 4.75. The lowest BCUT2D eigenvalue weighted by Gasteiger charge is -2.38. The second-order valence-electron chi connectivity index (χ2n) is 3.64. The molecule has 76 valence electrons. The van der Waals surface area contributed by atoms with Crippen LogP contribution in [-0.2, 0) is 9.53 Å². The van der Waals surface area contributed by atoms with Gasteiger partial charge in [-0.2, -0.15) is 0 Å². The molecule has 1 unspecified atom stereocenters. The molecule has 1 heterocycles. The molecule has 4 nitrogen and oxygen atoms in total. The molecule has 13 heavy (non-hydrogen) atoms. The lowest BCUT2D eigenvalue weighted by molar-refractivity contribution is -0.150. The Morgan fingerprint density at radius 2 is 2.38 bits per heavy atom. The van der Waals surface area contributed by atoms with E-state index in [0.29, 0.717) is 13.2 Å². The van der Waals surface area contributed by atoms with E-state index in [4.69, 9.17) is 10.5 Å². The summed E-state index contributed by atoms with van der Waals surface area (Å²) < 4.78 is 5.18. The van der Waals surface area contributed by atoms with Gasteiger partial charge in [0.15, 0.2) is 0 Å². The predicted molar refractivity (Wildman–Crippen MR) is 50.3 cm³/mol. The minimum Gasteiger partial charge on any atom is -0.369 e. The van der Waals surface area contributed by atoms with E-state index in [2.05, 4.69) is 0 Å². The molecule has 0 spiro atoms. The Balaban J connectivity index is 2.62. The second-order valence-corrected chi connectivity index (χ2v) is 3.64. The molecule has 4 heteroatoms. The summed E-state index contributed by atoms with van der Waals surface area (Å²) in [4.78, 5) is 13.4. The van der Waals surface area contributed by atoms with Crippen LogP contribution >= 0.6 is 0 Å². The summed E-state index contributed by atoms with van der Waals surface area (Å²) in [6.07, 6.45) is 0.823. The van der Waals surface area contributed by atoms with Crippen LogP contribution in [0.15, 0.2) is 0 Å². The molecular weight excluding hydrogens is 168 g/mol. The number of nitrogens with two attached hydrogens (primary N) is 1. The third-order valence-corrected chi connectivity index (χ3v) is 2.27. The van der Waals surface area contributed by atoms with Crippen LogP contribution < -0.4 is 5.73 Å². The zero-order valence-electron chi connectivity index (χ0n) is 8.32. The maximum Gasteiger partial charge on any atom is 0.249 e. The molecule has 0 aromatic rings. The van der Waals surface area contributed by atoms with Crippen LogP contribution in [0.2, 0.25) is 0 Å². The quantitative estimate of drug-likeness (QED) is 0.673. The molecular formula is C9H18N2O2. The smallest absolute Gasteiger partial charge is 0.249 e. The van der Waals surface area contributed by atoms with Crippen LogP contribution in [0.1, 0.15) is 20.3 Å². The number of carbonyl (C=O) groups excluding carboxylic acids is 1. The van der Waals surface area contributed by atoms with Crippen molar-refractivity contribution in [3.8, 4) is 0 Å². The average Bonchev–Trinajstić information content (AvgIpc) is 2.04. The lowest BCUT2D eigenvalue weighted by Crippen LogP contribution is -2.53. The molecule has 0 aromatic heterocycles. The number of rotatable bonds is 3. The Morgan fingerprint density at radius 1 is 1.69 bits per heavy atom. The molecule has 0 saturated carbocycles. The highest BCUT2D eigenvalue weighted by atomic mass is 16.5. The van der Waals surface area contributed by atoms with Crippen molar-refractivity contribution in [2.45, 2.75) is 32.4 Å². The third-order valence-electron chi connectivity index (χ3n) is 2.27. The summed E-state index contributed by atoms with van der Waals surface area (Å²) in [6.45, 7) is 5.49. The van der Waals surface area contributed by atoms with Crippen LogP contribution in [0.5, 0.6) is 0 Å². The standard InChI is InChI=1S/C9H18N2O2/c1-7(2)11-8(3-4-10)5-13-6-9(11)12/h7-8H,3-6,10H2,1-2H3. The number of carbonyl (C=O) groups is 1. The van der Waals surface area contributed by atoms with Gasteiger partial charge in [-0.25, -0.2) is 0 Å². The molecule has 0 bridgehead atoms. The van der Waals surface area contributed by atoms with Gasteiger partial charge in [-0.1, -0.05) is 0 Å². The van der Waals surface area contributed by atoms with E-state index in [-0.39, 0.29) is 24.6 Å². The first kappa shape index (κ1) is 10.5. The molecule has 1 saturated heterocycles. The number of amides is 1. The third kappa shape index (κ3) is 2.42. The van der Waals surface area contributed by atoms with Crippen molar-refractivity contribution < 1.29 is 9.53 Å². The number of hydrogen-bond acceptors (Lipinski definition) is 3. The summed E-state index contributed by atoms with van der Waals surface area (Å²) in [5, 5.41) is 0. The van der Waals surface area contributed by atoms with Crippen LogP contribution in [0.4, 0.5) is 0 Å². The van der Waals surface area contributed by atoms with Gasteiger partial charge < -0.3 is 15.4 Å². The number of hydrogen-bond donors (Lipinski definition) is 1. The number of nitrogens with zero attached hydrogens (tertiary/aromatic N) is 1. The van der Waals surface area contributed by atoms with Gasteiger partial charge in [0, 0.05) is 6.04 Å². The molecule has 1 rings (SSSR count). The van der Waals surface area contributed by atoms with E-state index in [0.717, 1.165) is 6.42 Å². The van der Waals surface area contributed by atoms with Crippen LogP contribution in [0.25, 0.3) is 0 Å². The summed E-state index contributed by atoms with van der Waals surface area (Å²) in [7, 11) is 0. The maximum atomic E-state index is 11.5. The van der Waals surface area contributed by atoms with E-state index in [9.17, 15) is 4.79 Å². The Kier molecular flexibility index (Phi) is 3.69. The lowest BCUT2D eigenvalue weighted by atomic mass is 10.1. The number of ether oxygens (including phenoxy) is 1. The fourth-order valence-corrected chi connectivity index (χ4v) is 1.77. The van der Waals surface area contributed by atoms with Gasteiger partial charge in [0.25, 0.3) is 0 Å². The Labute approximate surface area is 79.0 Å². The normalized spacial score (nSPS) is 24.2. The summed E-state index contributed by atoms with van der Waals surface area (Å²) in [6, 6.07) is 0.416. The maximum absolute atomic E-state index is 11.5. The minimum absolute atomic E-state index is 0.0831. The van der Waals surface area contributed by atoms with Crippen molar-refractivity contribution in [1.29, 1.82) is 0 Å². The van der Waals surface area contributed by atoms with Gasteiger partial charge in [-0.05, 0) is 26.8 Å². The fourth-order valence-electron chi connectivity index (χ4n) is 1.77. The minimum atomic E-state index is 0.0831. The molecule has 0 radical (unpaired) electrons. The van der Waals surface area contributed by atoms with Gasteiger partial charge in [-0.3, -0.25) is 4.79 Å². The van der Waals surface area contributed by atoms with Gasteiger partial charge in [0.2, 0.25) is 5.91 Å². The van der Waals surface area contributed by atoms with Gasteiger partial charge in [0.1, 0.15) is 6.61 Å². The van der Waals surface area contributed by atoms with Crippen LogP contribution in [0.3, 0.4) is 0 Å². The van der Waals surface area contributed by atoms with E-state index >= 15 is 0 Å². The van der Waals surface area contributed by atoms with Crippen molar-refractivity contribution in [3.63, 3.8) is 0 Å². The van der Waals surface area contributed by atoms with Crippen molar-refractivity contribution in [2.75, 3.05) is 19.8 Å². The van der Waals surface area contributed by atoms with E-state index < -0.39 is 0 Å². The number of morpholine rings is 1. The highest BCUT2D eigenvalue weighted by Crippen LogP contribution is 2.14. The van der Waals surface area contributed by atoms with E-state index in [1.807, 2.05) is 18.7 Å². The van der Waals surface area contributed by atoms with Crippen molar-refractivity contribution in [2.24, 2.45) is 5.73 Å². The highest BCUT2D eigenvalue weighted by Gasteiger charge is 2.29. The molecule has 0 aromatic carbocycles. The van der Waals surface area contributed by atoms with E-state index in [1.165, 1.54) is 0 Å². The molecule has 1 atom stereocenters. The Hall–Kier alpha value is -0.610. The molecule has 2 N–H and O–H groups in total. The molecule has 1 aliphatic rings. The summed E-state index contributed by atoms with van der Waals surface area (Å²) in [5.41, 5.74) is 5.47. The van der Waals surface area contributed by atoms with Gasteiger partial charge in [-0.15, -0.1) is 0 Å². The molecule has 1 amide bonds. The summed E-state index contributed by atoms with van der Waals surface area (Å²) >= 11 is 0. The van der Waals surface area contributed by atoms with Crippen LogP contribution in [-0.4, -0.2) is 42.6 Å². The predicted octanol–water partition coefficient (Wildman–Crippen LogP) is -0.0290. The molecule has 1 aliphatic heterocycles. The largest absolute Gasteiger partial charge is 0.369 e. The topological polar surface area (TPSA) is 55.6 Å². The van der Waals surface area contributed by atoms with Gasteiger partial charge >= 0.3 is 0 Å². The first-order valence-electron chi connectivity index (χ1n) is 4.75. The fraction of sp³-hybridized carbons (Fsp3) is 0.889. The average molecular weight is 186 g/mol. The van der Waals surface area contributed by atoms with E-state index in [1.54, 1.807) is 0 Å². The SMILES string of the molecule is CC(C)N1C(=O)COCC1CCN. The van der Waals surface area contributed by atoms with Crippen LogP contribution in [0, 0.1) is 0 Å². The monoisotopic (exact) mass is 186 g/mol. The summed E-state index contributed by atoms with van der Waals surface area (Å²) in [5.74, 6) is 0.0831. The zero-order valence-corrected chi connectivity index (χ0v) is 8.32. The second kappa shape index (κ2) is 4.58. The van der Waals surface area contributed by atoms with Crippen molar-refractivity contribution >= 4 is 5.91 Å². The molecule has 0 aliphatic carbocycles. The Morgan fingerprint density at radius 3 is 2.92 bits per heavy atom. The zero-order chi connectivity index (χ0) is 9.84. The Bertz CT molecular complexity index is 180. The highest BCUT2D eigenvalue weighted by molar-refractivity contribution is 5.78.